The van der Waals surface area contributed by atoms with Crippen LogP contribution in [0.25, 0.3) is 0 Å². The lowest BCUT2D eigenvalue weighted by molar-refractivity contribution is -0.120. The van der Waals surface area contributed by atoms with Gasteiger partial charge in [-0.05, 0) is 51.2 Å². The van der Waals surface area contributed by atoms with Crippen molar-refractivity contribution in [2.75, 3.05) is 32.5 Å². The van der Waals surface area contributed by atoms with Gasteiger partial charge in [0.2, 0.25) is 5.91 Å². The zero-order chi connectivity index (χ0) is 13.7. The highest BCUT2D eigenvalue weighted by molar-refractivity contribution is 5.92. The van der Waals surface area contributed by atoms with Crippen molar-refractivity contribution in [3.63, 3.8) is 0 Å². The fourth-order valence-electron chi connectivity index (χ4n) is 2.38. The Balaban J connectivity index is 1.89. The predicted molar refractivity (Wildman–Crippen MR) is 78.1 cm³/mol. The summed E-state index contributed by atoms with van der Waals surface area (Å²) in [6.07, 6.45) is 2.07. The Morgan fingerprint density at radius 1 is 1.37 bits per heavy atom. The fourth-order valence-corrected chi connectivity index (χ4v) is 2.38. The number of anilines is 1. The summed E-state index contributed by atoms with van der Waals surface area (Å²) in [5.41, 5.74) is 2.14. The van der Waals surface area contributed by atoms with E-state index < -0.39 is 0 Å². The third-order valence-corrected chi connectivity index (χ3v) is 3.39. The van der Waals surface area contributed by atoms with Gasteiger partial charge in [-0.2, -0.15) is 0 Å². The first-order chi connectivity index (χ1) is 9.15. The largest absolute Gasteiger partial charge is 0.326 e. The number of hydrogen-bond donors (Lipinski definition) is 2. The Morgan fingerprint density at radius 3 is 2.68 bits per heavy atom. The number of carbonyl (C=O) groups excluding carboxylic acids is 1. The summed E-state index contributed by atoms with van der Waals surface area (Å²) >= 11 is 0. The summed E-state index contributed by atoms with van der Waals surface area (Å²) in [5.74, 6) is 0.239. The summed E-state index contributed by atoms with van der Waals surface area (Å²) in [6.45, 7) is 2.74. The Labute approximate surface area is 115 Å². The maximum atomic E-state index is 12.1. The third kappa shape index (κ3) is 4.33. The Morgan fingerprint density at radius 2 is 2.11 bits per heavy atom. The number of nitrogens with zero attached hydrogens (tertiary/aromatic N) is 1. The molecule has 0 bridgehead atoms. The molecule has 1 atom stereocenters. The second-order valence-electron chi connectivity index (χ2n) is 5.47. The minimum absolute atomic E-state index is 0.107. The molecule has 2 N–H and O–H groups in total. The normalized spacial score (nSPS) is 19.4. The van der Waals surface area contributed by atoms with Gasteiger partial charge >= 0.3 is 0 Å². The van der Waals surface area contributed by atoms with Crippen LogP contribution < -0.4 is 10.6 Å². The quantitative estimate of drug-likeness (QED) is 0.867. The zero-order valence-corrected chi connectivity index (χ0v) is 11.8. The van der Waals surface area contributed by atoms with Crippen LogP contribution >= 0.6 is 0 Å². The number of rotatable bonds is 4. The molecule has 1 aliphatic heterocycles. The first-order valence-electron chi connectivity index (χ1n) is 6.90. The van der Waals surface area contributed by atoms with Gasteiger partial charge in [0, 0.05) is 18.8 Å². The lowest BCUT2D eigenvalue weighted by Crippen LogP contribution is -2.37. The molecule has 0 unspecified atom stereocenters. The predicted octanol–water partition coefficient (Wildman–Crippen LogP) is 1.69. The van der Waals surface area contributed by atoms with Crippen molar-refractivity contribution in [2.24, 2.45) is 5.92 Å². The van der Waals surface area contributed by atoms with E-state index in [1.54, 1.807) is 0 Å². The third-order valence-electron chi connectivity index (χ3n) is 3.39. The Hall–Kier alpha value is -1.39. The van der Waals surface area contributed by atoms with Gasteiger partial charge in [-0.3, -0.25) is 4.79 Å². The molecule has 0 radical (unpaired) electrons. The molecule has 0 aromatic heterocycles. The van der Waals surface area contributed by atoms with Crippen LogP contribution in [0.1, 0.15) is 18.4 Å². The highest BCUT2D eigenvalue weighted by Crippen LogP contribution is 2.15. The van der Waals surface area contributed by atoms with Crippen LogP contribution in [0.2, 0.25) is 0 Å². The average molecular weight is 261 g/mol. The van der Waals surface area contributed by atoms with Gasteiger partial charge in [-0.25, -0.2) is 0 Å². The summed E-state index contributed by atoms with van der Waals surface area (Å²) in [6, 6.07) is 8.09. The van der Waals surface area contributed by atoms with E-state index in [-0.39, 0.29) is 11.8 Å². The first-order valence-corrected chi connectivity index (χ1v) is 6.90. The van der Waals surface area contributed by atoms with Gasteiger partial charge < -0.3 is 15.5 Å². The minimum Gasteiger partial charge on any atom is -0.326 e. The lowest BCUT2D eigenvalue weighted by Gasteiger charge is -2.22. The number of piperidine rings is 1. The SMILES string of the molecule is CN(C)Cc1ccc(NC(=O)[C@H]2CCCNC2)cc1. The summed E-state index contributed by atoms with van der Waals surface area (Å²) < 4.78 is 0. The van der Waals surface area contributed by atoms with Gasteiger partial charge in [0.25, 0.3) is 0 Å². The van der Waals surface area contributed by atoms with Crippen molar-refractivity contribution < 1.29 is 4.79 Å². The van der Waals surface area contributed by atoms with Gasteiger partial charge in [0.05, 0.1) is 5.92 Å². The highest BCUT2D eigenvalue weighted by Gasteiger charge is 2.20. The van der Waals surface area contributed by atoms with E-state index >= 15 is 0 Å². The summed E-state index contributed by atoms with van der Waals surface area (Å²) in [5, 5.41) is 6.27. The molecule has 2 rings (SSSR count). The summed E-state index contributed by atoms with van der Waals surface area (Å²) in [7, 11) is 4.09. The topological polar surface area (TPSA) is 44.4 Å². The number of nitrogens with one attached hydrogen (secondary N) is 2. The van der Waals surface area contributed by atoms with Gasteiger partial charge in [-0.1, -0.05) is 12.1 Å². The standard InChI is InChI=1S/C15H23N3O/c1-18(2)11-12-5-7-14(8-6-12)17-15(19)13-4-3-9-16-10-13/h5-8,13,16H,3-4,9-11H2,1-2H3,(H,17,19)/t13-/m0/s1. The van der Waals surface area contributed by atoms with Crippen molar-refractivity contribution in [2.45, 2.75) is 19.4 Å². The first kappa shape index (κ1) is 14.0. The van der Waals surface area contributed by atoms with E-state index in [1.165, 1.54) is 5.56 Å². The van der Waals surface area contributed by atoms with Crippen LogP contribution in [0.4, 0.5) is 5.69 Å². The molecular weight excluding hydrogens is 238 g/mol. The van der Waals surface area contributed by atoms with Crippen molar-refractivity contribution in [1.82, 2.24) is 10.2 Å². The van der Waals surface area contributed by atoms with Gasteiger partial charge in [0.1, 0.15) is 0 Å². The Kier molecular flexibility index (Phi) is 4.93. The number of amides is 1. The molecule has 4 heteroatoms. The van der Waals surface area contributed by atoms with Crippen LogP contribution in [-0.4, -0.2) is 38.0 Å². The monoisotopic (exact) mass is 261 g/mol. The van der Waals surface area contributed by atoms with E-state index in [1.807, 2.05) is 26.2 Å². The molecule has 104 valence electrons. The molecule has 19 heavy (non-hydrogen) atoms. The smallest absolute Gasteiger partial charge is 0.228 e. The van der Waals surface area contributed by atoms with Crippen LogP contribution in [0, 0.1) is 5.92 Å². The zero-order valence-electron chi connectivity index (χ0n) is 11.8. The van der Waals surface area contributed by atoms with Crippen molar-refractivity contribution >= 4 is 11.6 Å². The molecule has 1 heterocycles. The van der Waals surface area contributed by atoms with Crippen LogP contribution in [0.5, 0.6) is 0 Å². The van der Waals surface area contributed by atoms with E-state index in [0.29, 0.717) is 0 Å². The molecule has 4 nitrogen and oxygen atoms in total. The molecule has 1 aromatic rings. The van der Waals surface area contributed by atoms with Crippen molar-refractivity contribution in [3.8, 4) is 0 Å². The van der Waals surface area contributed by atoms with Gasteiger partial charge in [-0.15, -0.1) is 0 Å². The van der Waals surface area contributed by atoms with E-state index in [2.05, 4.69) is 27.7 Å². The lowest BCUT2D eigenvalue weighted by atomic mass is 9.99. The number of benzene rings is 1. The number of carbonyl (C=O) groups is 1. The van der Waals surface area contributed by atoms with Crippen molar-refractivity contribution in [1.29, 1.82) is 0 Å². The van der Waals surface area contributed by atoms with Crippen LogP contribution in [0.3, 0.4) is 0 Å². The van der Waals surface area contributed by atoms with Crippen LogP contribution in [0.15, 0.2) is 24.3 Å². The molecule has 1 amide bonds. The molecule has 1 aliphatic rings. The van der Waals surface area contributed by atoms with Crippen molar-refractivity contribution in [3.05, 3.63) is 29.8 Å². The maximum Gasteiger partial charge on any atom is 0.228 e. The average Bonchev–Trinajstić information content (AvgIpc) is 2.41. The second kappa shape index (κ2) is 6.68. The van der Waals surface area contributed by atoms with Gasteiger partial charge in [0.15, 0.2) is 0 Å². The minimum atomic E-state index is 0.107. The fraction of sp³-hybridized carbons (Fsp3) is 0.533. The molecule has 1 fully saturated rings. The molecule has 0 spiro atoms. The highest BCUT2D eigenvalue weighted by atomic mass is 16.1. The van der Waals surface area contributed by atoms with E-state index in [9.17, 15) is 4.79 Å². The summed E-state index contributed by atoms with van der Waals surface area (Å²) in [4.78, 5) is 14.2. The molecule has 0 aliphatic carbocycles. The molecular formula is C15H23N3O. The molecule has 1 saturated heterocycles. The Bertz CT molecular complexity index is 408. The number of hydrogen-bond acceptors (Lipinski definition) is 3. The molecule has 1 aromatic carbocycles. The van der Waals surface area contributed by atoms with E-state index in [4.69, 9.17) is 0 Å². The maximum absolute atomic E-state index is 12.1. The van der Waals surface area contributed by atoms with E-state index in [0.717, 1.165) is 38.2 Å². The molecule has 0 saturated carbocycles. The van der Waals surface area contributed by atoms with Crippen LogP contribution in [-0.2, 0) is 11.3 Å². The second-order valence-corrected chi connectivity index (χ2v) is 5.47.